The first-order valence-corrected chi connectivity index (χ1v) is 5.89. The summed E-state index contributed by atoms with van der Waals surface area (Å²) in [4.78, 5) is 0. The second kappa shape index (κ2) is 5.09. The average molecular weight is 276 g/mol. The number of nitrogens with one attached hydrogen (secondary N) is 1. The Hall–Kier alpha value is -0.390. The summed E-state index contributed by atoms with van der Waals surface area (Å²) in [7, 11) is 1.84. The highest BCUT2D eigenvalue weighted by Crippen LogP contribution is 2.29. The van der Waals surface area contributed by atoms with Crippen LogP contribution in [0.2, 0.25) is 0 Å². The Morgan fingerprint density at radius 3 is 2.80 bits per heavy atom. The van der Waals surface area contributed by atoms with Gasteiger partial charge in [-0.15, -0.1) is 0 Å². The molecule has 1 unspecified atom stereocenters. The molecule has 1 aromatic rings. The number of hydrogen-bond donors (Lipinski definition) is 2. The molecule has 0 bridgehead atoms. The molecular weight excluding hydrogens is 258 g/mol. The van der Waals surface area contributed by atoms with Gasteiger partial charge < -0.3 is 10.4 Å². The number of rotatable bonds is 5. The highest BCUT2D eigenvalue weighted by Gasteiger charge is 2.28. The van der Waals surface area contributed by atoms with Crippen molar-refractivity contribution in [2.24, 2.45) is 7.05 Å². The van der Waals surface area contributed by atoms with Crippen molar-refractivity contribution in [2.75, 3.05) is 13.1 Å². The quantitative estimate of drug-likeness (QED) is 0.799. The minimum atomic E-state index is -0.855. The number of nitrogens with zero attached hydrogens (tertiary/aromatic N) is 2. The van der Waals surface area contributed by atoms with Crippen LogP contribution in [0.1, 0.15) is 26.0 Å². The van der Waals surface area contributed by atoms with Crippen molar-refractivity contribution < 1.29 is 5.11 Å². The van der Waals surface area contributed by atoms with Gasteiger partial charge in [-0.2, -0.15) is 5.10 Å². The van der Waals surface area contributed by atoms with Gasteiger partial charge in [0.2, 0.25) is 0 Å². The third kappa shape index (κ3) is 3.03. The van der Waals surface area contributed by atoms with Crippen molar-refractivity contribution in [1.82, 2.24) is 15.1 Å². The third-order valence-corrected chi connectivity index (χ3v) is 3.02. The number of aryl methyl sites for hydroxylation is 1. The molecule has 0 saturated carbocycles. The molecule has 4 nitrogen and oxygen atoms in total. The standard InChI is InChI=1S/C10H18BrN3O/c1-4-12-6-5-10(2,15)9-8(11)7-13-14(9)3/h7,12,15H,4-6H2,1-3H3. The SMILES string of the molecule is CCNCCC(C)(O)c1c(Br)cnn1C. The van der Waals surface area contributed by atoms with E-state index in [1.165, 1.54) is 0 Å². The first kappa shape index (κ1) is 12.7. The van der Waals surface area contributed by atoms with E-state index in [9.17, 15) is 5.11 Å². The normalized spacial score (nSPS) is 15.3. The van der Waals surface area contributed by atoms with Crippen LogP contribution in [0.25, 0.3) is 0 Å². The molecule has 1 heterocycles. The van der Waals surface area contributed by atoms with E-state index in [1.807, 2.05) is 14.0 Å². The predicted molar refractivity (Wildman–Crippen MR) is 63.6 cm³/mol. The Balaban J connectivity index is 2.76. The van der Waals surface area contributed by atoms with Gasteiger partial charge in [-0.3, -0.25) is 4.68 Å². The molecule has 1 atom stereocenters. The molecule has 86 valence electrons. The molecule has 1 aromatic heterocycles. The van der Waals surface area contributed by atoms with Gasteiger partial charge in [-0.1, -0.05) is 6.92 Å². The van der Waals surface area contributed by atoms with Gasteiger partial charge in [0.05, 0.1) is 16.4 Å². The van der Waals surface area contributed by atoms with Gasteiger partial charge in [-0.25, -0.2) is 0 Å². The molecule has 1 rings (SSSR count). The Morgan fingerprint density at radius 2 is 2.33 bits per heavy atom. The molecule has 2 N–H and O–H groups in total. The second-order valence-electron chi connectivity index (χ2n) is 3.84. The van der Waals surface area contributed by atoms with Gasteiger partial charge in [0.1, 0.15) is 5.60 Å². The van der Waals surface area contributed by atoms with Crippen LogP contribution in [0.5, 0.6) is 0 Å². The summed E-state index contributed by atoms with van der Waals surface area (Å²) < 4.78 is 2.56. The maximum absolute atomic E-state index is 10.3. The van der Waals surface area contributed by atoms with E-state index in [-0.39, 0.29) is 0 Å². The van der Waals surface area contributed by atoms with Gasteiger partial charge >= 0.3 is 0 Å². The Bertz CT molecular complexity index is 303. The van der Waals surface area contributed by atoms with E-state index in [2.05, 4.69) is 33.3 Å². The highest BCUT2D eigenvalue weighted by atomic mass is 79.9. The van der Waals surface area contributed by atoms with Crippen LogP contribution in [0.3, 0.4) is 0 Å². The molecule has 0 fully saturated rings. The van der Waals surface area contributed by atoms with Gasteiger partial charge in [0, 0.05) is 7.05 Å². The van der Waals surface area contributed by atoms with Crippen molar-refractivity contribution in [3.05, 3.63) is 16.4 Å². The Kier molecular flexibility index (Phi) is 4.31. The molecule has 0 radical (unpaired) electrons. The van der Waals surface area contributed by atoms with Gasteiger partial charge in [-0.05, 0) is 42.4 Å². The number of aliphatic hydroxyl groups is 1. The summed E-state index contributed by atoms with van der Waals surface area (Å²) in [5.41, 5.74) is -0.0351. The van der Waals surface area contributed by atoms with Crippen LogP contribution >= 0.6 is 15.9 Å². The average Bonchev–Trinajstić information content (AvgIpc) is 2.46. The first-order valence-electron chi connectivity index (χ1n) is 5.10. The van der Waals surface area contributed by atoms with Crippen LogP contribution in [-0.2, 0) is 12.6 Å². The van der Waals surface area contributed by atoms with Crippen molar-refractivity contribution in [3.8, 4) is 0 Å². The summed E-state index contributed by atoms with van der Waals surface area (Å²) in [5, 5.41) is 17.6. The summed E-state index contributed by atoms with van der Waals surface area (Å²) in [5.74, 6) is 0. The van der Waals surface area contributed by atoms with Crippen LogP contribution in [0, 0.1) is 0 Å². The van der Waals surface area contributed by atoms with E-state index in [1.54, 1.807) is 10.9 Å². The van der Waals surface area contributed by atoms with Gasteiger partial charge in [0.25, 0.3) is 0 Å². The topological polar surface area (TPSA) is 50.1 Å². The van der Waals surface area contributed by atoms with E-state index in [4.69, 9.17) is 0 Å². The minimum Gasteiger partial charge on any atom is -0.384 e. The van der Waals surface area contributed by atoms with Crippen molar-refractivity contribution in [1.29, 1.82) is 0 Å². The van der Waals surface area contributed by atoms with E-state index in [0.29, 0.717) is 6.42 Å². The maximum atomic E-state index is 10.3. The molecule has 5 heteroatoms. The fourth-order valence-electron chi connectivity index (χ4n) is 1.64. The van der Waals surface area contributed by atoms with Crippen LogP contribution < -0.4 is 5.32 Å². The molecule has 0 saturated heterocycles. The molecule has 0 aliphatic rings. The van der Waals surface area contributed by atoms with E-state index in [0.717, 1.165) is 23.3 Å². The lowest BCUT2D eigenvalue weighted by atomic mass is 9.98. The molecule has 0 spiro atoms. The molecule has 0 aliphatic carbocycles. The van der Waals surface area contributed by atoms with Gasteiger partial charge in [0.15, 0.2) is 0 Å². The Labute approximate surface area is 98.8 Å². The zero-order chi connectivity index (χ0) is 11.5. The molecular formula is C10H18BrN3O. The largest absolute Gasteiger partial charge is 0.384 e. The summed E-state index contributed by atoms with van der Waals surface area (Å²) in [6.45, 7) is 5.57. The lowest BCUT2D eigenvalue weighted by molar-refractivity contribution is 0.0391. The van der Waals surface area contributed by atoms with Crippen molar-refractivity contribution >= 4 is 15.9 Å². The summed E-state index contributed by atoms with van der Waals surface area (Å²) >= 11 is 3.40. The molecule has 0 amide bonds. The van der Waals surface area contributed by atoms with Crippen LogP contribution in [0.15, 0.2) is 10.7 Å². The van der Waals surface area contributed by atoms with Crippen LogP contribution in [0.4, 0.5) is 0 Å². The lowest BCUT2D eigenvalue weighted by Gasteiger charge is -2.24. The van der Waals surface area contributed by atoms with E-state index < -0.39 is 5.60 Å². The fourth-order valence-corrected chi connectivity index (χ4v) is 2.42. The summed E-state index contributed by atoms with van der Waals surface area (Å²) in [6.07, 6.45) is 2.37. The Morgan fingerprint density at radius 1 is 1.67 bits per heavy atom. The predicted octanol–water partition coefficient (Wildman–Crippen LogP) is 1.39. The monoisotopic (exact) mass is 275 g/mol. The molecule has 0 aromatic carbocycles. The molecule has 15 heavy (non-hydrogen) atoms. The third-order valence-electron chi connectivity index (χ3n) is 2.44. The first-order chi connectivity index (χ1) is 6.99. The minimum absolute atomic E-state index is 0.666. The van der Waals surface area contributed by atoms with Crippen LogP contribution in [-0.4, -0.2) is 28.0 Å². The smallest absolute Gasteiger partial charge is 0.106 e. The molecule has 0 aliphatic heterocycles. The van der Waals surface area contributed by atoms with E-state index >= 15 is 0 Å². The summed E-state index contributed by atoms with van der Waals surface area (Å²) in [6, 6.07) is 0. The zero-order valence-corrected chi connectivity index (χ0v) is 11.0. The second-order valence-corrected chi connectivity index (χ2v) is 4.70. The number of halogens is 1. The van der Waals surface area contributed by atoms with Crippen molar-refractivity contribution in [2.45, 2.75) is 25.9 Å². The number of hydrogen-bond acceptors (Lipinski definition) is 3. The highest BCUT2D eigenvalue weighted by molar-refractivity contribution is 9.10. The zero-order valence-electron chi connectivity index (χ0n) is 9.42. The maximum Gasteiger partial charge on any atom is 0.106 e. The van der Waals surface area contributed by atoms with Crippen molar-refractivity contribution in [3.63, 3.8) is 0 Å². The fraction of sp³-hybridized carbons (Fsp3) is 0.700. The number of aromatic nitrogens is 2. The lowest BCUT2D eigenvalue weighted by Crippen LogP contribution is -2.30.